The van der Waals surface area contributed by atoms with Gasteiger partial charge < -0.3 is 5.32 Å². The van der Waals surface area contributed by atoms with Crippen molar-refractivity contribution in [1.29, 1.82) is 0 Å². The first-order chi connectivity index (χ1) is 11.2. The van der Waals surface area contributed by atoms with Gasteiger partial charge in [-0.05, 0) is 41.6 Å². The maximum atomic E-state index is 11.9. The van der Waals surface area contributed by atoms with Gasteiger partial charge in [0, 0.05) is 5.75 Å². The summed E-state index contributed by atoms with van der Waals surface area (Å²) in [5.74, 6) is 1.15. The van der Waals surface area contributed by atoms with Crippen molar-refractivity contribution >= 4 is 34.8 Å². The lowest BCUT2D eigenvalue weighted by Gasteiger charge is -2.05. The summed E-state index contributed by atoms with van der Waals surface area (Å²) in [5, 5.41) is 13.7. The van der Waals surface area contributed by atoms with Crippen molar-refractivity contribution in [1.82, 2.24) is 10.2 Å². The van der Waals surface area contributed by atoms with Gasteiger partial charge in [-0.15, -0.1) is 21.5 Å². The number of aromatic nitrogens is 2. The number of amides is 1. The van der Waals surface area contributed by atoms with Gasteiger partial charge in [-0.1, -0.05) is 42.1 Å². The fourth-order valence-electron chi connectivity index (χ4n) is 1.97. The topological polar surface area (TPSA) is 54.9 Å². The first-order valence-electron chi connectivity index (χ1n) is 7.08. The molecule has 0 aliphatic rings. The number of hydrogen-bond donors (Lipinski definition) is 1. The Morgan fingerprint density at radius 3 is 2.70 bits per heavy atom. The van der Waals surface area contributed by atoms with Crippen LogP contribution in [0.3, 0.4) is 0 Å². The number of aryl methyl sites for hydroxylation is 1. The fraction of sp³-hybridized carbons (Fsp3) is 0.118. The molecular formula is C17H15N3OS2. The Hall–Kier alpha value is -2.18. The number of hydrogen-bond acceptors (Lipinski definition) is 5. The van der Waals surface area contributed by atoms with Crippen molar-refractivity contribution in [2.75, 3.05) is 5.32 Å². The number of carbonyl (C=O) groups is 1. The second kappa shape index (κ2) is 7.39. The molecule has 6 heteroatoms. The van der Waals surface area contributed by atoms with Crippen LogP contribution in [0.4, 0.5) is 5.82 Å². The normalized spacial score (nSPS) is 10.5. The number of thiophene rings is 1. The van der Waals surface area contributed by atoms with Gasteiger partial charge in [0.2, 0.25) is 0 Å². The lowest BCUT2D eigenvalue weighted by Crippen LogP contribution is -2.11. The predicted molar refractivity (Wildman–Crippen MR) is 95.0 cm³/mol. The third kappa shape index (κ3) is 4.18. The van der Waals surface area contributed by atoms with Gasteiger partial charge >= 0.3 is 0 Å². The molecule has 0 fully saturated rings. The minimum absolute atomic E-state index is 0.158. The molecule has 3 aromatic rings. The lowest BCUT2D eigenvalue weighted by molar-refractivity contribution is 0.103. The van der Waals surface area contributed by atoms with Crippen LogP contribution in [0.15, 0.2) is 58.9 Å². The summed E-state index contributed by atoms with van der Waals surface area (Å²) in [6.07, 6.45) is 0. The van der Waals surface area contributed by atoms with Crippen LogP contribution >= 0.6 is 23.1 Å². The molecule has 0 saturated heterocycles. The second-order valence-electron chi connectivity index (χ2n) is 4.90. The summed E-state index contributed by atoms with van der Waals surface area (Å²) in [7, 11) is 0. The molecule has 3 rings (SSSR count). The van der Waals surface area contributed by atoms with Crippen LogP contribution in [0.2, 0.25) is 0 Å². The van der Waals surface area contributed by atoms with Crippen molar-refractivity contribution < 1.29 is 4.79 Å². The van der Waals surface area contributed by atoms with E-state index >= 15 is 0 Å². The molecule has 2 aromatic heterocycles. The minimum Gasteiger partial charge on any atom is -0.304 e. The molecule has 1 N–H and O–H groups in total. The van der Waals surface area contributed by atoms with E-state index in [1.165, 1.54) is 22.5 Å². The summed E-state index contributed by atoms with van der Waals surface area (Å²) in [6.45, 7) is 2.10. The van der Waals surface area contributed by atoms with Crippen LogP contribution in [-0.2, 0) is 5.75 Å². The van der Waals surface area contributed by atoms with E-state index in [4.69, 9.17) is 0 Å². The fourth-order valence-corrected chi connectivity index (χ4v) is 3.48. The van der Waals surface area contributed by atoms with E-state index in [2.05, 4.69) is 34.6 Å². The highest BCUT2D eigenvalue weighted by atomic mass is 32.2. The van der Waals surface area contributed by atoms with E-state index in [9.17, 15) is 4.79 Å². The maximum absolute atomic E-state index is 11.9. The zero-order chi connectivity index (χ0) is 16.1. The molecule has 116 valence electrons. The number of thioether (sulfide) groups is 1. The molecular weight excluding hydrogens is 326 g/mol. The van der Waals surface area contributed by atoms with Gasteiger partial charge in [0.25, 0.3) is 5.91 Å². The third-order valence-electron chi connectivity index (χ3n) is 3.26. The molecule has 0 spiro atoms. The number of benzene rings is 1. The van der Waals surface area contributed by atoms with Crippen molar-refractivity contribution in [3.05, 3.63) is 69.9 Å². The molecule has 0 saturated carbocycles. The SMILES string of the molecule is Cc1ccccc1CSc1ccc(NC(=O)c2cccs2)nn1. The average Bonchev–Trinajstić information content (AvgIpc) is 3.10. The monoisotopic (exact) mass is 341 g/mol. The molecule has 2 heterocycles. The Morgan fingerprint density at radius 2 is 2.00 bits per heavy atom. The van der Waals surface area contributed by atoms with E-state index in [0.29, 0.717) is 10.7 Å². The van der Waals surface area contributed by atoms with Crippen LogP contribution in [0.5, 0.6) is 0 Å². The Kier molecular flexibility index (Phi) is 5.05. The van der Waals surface area contributed by atoms with Gasteiger partial charge in [0.15, 0.2) is 5.82 Å². The van der Waals surface area contributed by atoms with Crippen molar-refractivity contribution in [3.8, 4) is 0 Å². The number of carbonyl (C=O) groups excluding carboxylic acids is 1. The molecule has 0 radical (unpaired) electrons. The van der Waals surface area contributed by atoms with Crippen molar-refractivity contribution in [2.45, 2.75) is 17.7 Å². The lowest BCUT2D eigenvalue weighted by atomic mass is 10.1. The highest BCUT2D eigenvalue weighted by Gasteiger charge is 2.08. The Bertz CT molecular complexity index is 786. The van der Waals surface area contributed by atoms with Crippen molar-refractivity contribution in [2.24, 2.45) is 0 Å². The van der Waals surface area contributed by atoms with Gasteiger partial charge in [-0.25, -0.2) is 0 Å². The van der Waals surface area contributed by atoms with Gasteiger partial charge in [-0.3, -0.25) is 4.79 Å². The zero-order valence-corrected chi connectivity index (χ0v) is 14.2. The summed E-state index contributed by atoms with van der Waals surface area (Å²) in [6, 6.07) is 15.6. The summed E-state index contributed by atoms with van der Waals surface area (Å²) in [4.78, 5) is 12.6. The number of nitrogens with one attached hydrogen (secondary N) is 1. The smallest absolute Gasteiger partial charge is 0.266 e. The molecule has 0 aliphatic heterocycles. The number of nitrogens with zero attached hydrogens (tertiary/aromatic N) is 2. The Morgan fingerprint density at radius 1 is 1.13 bits per heavy atom. The zero-order valence-electron chi connectivity index (χ0n) is 12.5. The first kappa shape index (κ1) is 15.7. The molecule has 23 heavy (non-hydrogen) atoms. The molecule has 0 bridgehead atoms. The molecule has 0 aliphatic carbocycles. The third-order valence-corrected chi connectivity index (χ3v) is 5.10. The van der Waals surface area contributed by atoms with E-state index in [0.717, 1.165) is 10.8 Å². The average molecular weight is 341 g/mol. The van der Waals surface area contributed by atoms with E-state index in [1.807, 2.05) is 29.6 Å². The highest BCUT2D eigenvalue weighted by Crippen LogP contribution is 2.22. The van der Waals surface area contributed by atoms with E-state index < -0.39 is 0 Å². The van der Waals surface area contributed by atoms with Crippen LogP contribution in [0, 0.1) is 6.92 Å². The predicted octanol–water partition coefficient (Wildman–Crippen LogP) is 4.39. The molecule has 1 amide bonds. The molecule has 0 atom stereocenters. The van der Waals surface area contributed by atoms with Crippen molar-refractivity contribution in [3.63, 3.8) is 0 Å². The molecule has 0 unspecified atom stereocenters. The Labute approximate surface area is 143 Å². The summed E-state index contributed by atoms with van der Waals surface area (Å²) in [5.41, 5.74) is 2.56. The summed E-state index contributed by atoms with van der Waals surface area (Å²) >= 11 is 3.02. The van der Waals surface area contributed by atoms with Crippen LogP contribution in [0.25, 0.3) is 0 Å². The largest absolute Gasteiger partial charge is 0.304 e. The van der Waals surface area contributed by atoms with Gasteiger partial charge in [0.1, 0.15) is 5.03 Å². The van der Waals surface area contributed by atoms with Crippen LogP contribution < -0.4 is 5.32 Å². The Balaban J connectivity index is 1.59. The summed E-state index contributed by atoms with van der Waals surface area (Å²) < 4.78 is 0. The minimum atomic E-state index is -0.158. The van der Waals surface area contributed by atoms with E-state index in [-0.39, 0.29) is 5.91 Å². The molecule has 4 nitrogen and oxygen atoms in total. The second-order valence-corrected chi connectivity index (χ2v) is 6.85. The quantitative estimate of drug-likeness (QED) is 0.699. The maximum Gasteiger partial charge on any atom is 0.266 e. The van der Waals surface area contributed by atoms with E-state index in [1.54, 1.807) is 23.9 Å². The first-order valence-corrected chi connectivity index (χ1v) is 8.95. The standard InChI is InChI=1S/C17H15N3OS2/c1-12-5-2-3-6-13(12)11-23-16-9-8-15(19-20-16)18-17(21)14-7-4-10-22-14/h2-10H,11H2,1H3,(H,18,19,21). The van der Waals surface area contributed by atoms with Gasteiger partial charge in [0.05, 0.1) is 4.88 Å². The molecule has 1 aromatic carbocycles. The number of anilines is 1. The van der Waals surface area contributed by atoms with Gasteiger partial charge in [-0.2, -0.15) is 0 Å². The highest BCUT2D eigenvalue weighted by molar-refractivity contribution is 7.98. The van der Waals surface area contributed by atoms with Crippen LogP contribution in [0.1, 0.15) is 20.8 Å². The van der Waals surface area contributed by atoms with Crippen LogP contribution in [-0.4, -0.2) is 16.1 Å². The number of rotatable bonds is 5.